The maximum Gasteiger partial charge on any atom is 0.340 e. The number of rotatable bonds is 7. The number of benzene rings is 1. The molecule has 0 aromatic heterocycles. The Bertz CT molecular complexity index is 691. The number of likely N-dealkylation sites (N-methyl/N-ethyl adjacent to an activating group) is 1. The third-order valence-corrected chi connectivity index (χ3v) is 4.36. The van der Waals surface area contributed by atoms with E-state index in [1.807, 2.05) is 11.8 Å². The molecule has 0 atom stereocenters. The van der Waals surface area contributed by atoms with Gasteiger partial charge in [-0.15, -0.1) is 0 Å². The number of amides is 2. The Balaban J connectivity index is 1.87. The minimum atomic E-state index is -0.887. The standard InChI is InChI=1S/C17H22FN3O5/c1-3-21(9-14(22)23)11-7-10(8-11)19-17(25)20-13-6-4-5-12(15(13)18)16(24)26-2/h4-6,10-11H,3,7-9H2,1-2H3,(H,22,23)(H2,19,20,25). The lowest BCUT2D eigenvalue weighted by Crippen LogP contribution is -2.55. The molecule has 0 saturated heterocycles. The molecule has 142 valence electrons. The second kappa shape index (κ2) is 8.61. The molecule has 1 aliphatic rings. The van der Waals surface area contributed by atoms with Crippen LogP contribution in [0, 0.1) is 5.82 Å². The monoisotopic (exact) mass is 367 g/mol. The summed E-state index contributed by atoms with van der Waals surface area (Å²) in [6, 6.07) is 3.44. The molecule has 0 unspecified atom stereocenters. The van der Waals surface area contributed by atoms with Crippen molar-refractivity contribution in [1.29, 1.82) is 0 Å². The number of hydrogen-bond donors (Lipinski definition) is 3. The van der Waals surface area contributed by atoms with Gasteiger partial charge in [0.15, 0.2) is 5.82 Å². The SMILES string of the molecule is CCN(CC(=O)O)C1CC(NC(=O)Nc2cccc(C(=O)OC)c2F)C1. The van der Waals surface area contributed by atoms with Crippen molar-refractivity contribution in [3.8, 4) is 0 Å². The number of anilines is 1. The summed E-state index contributed by atoms with van der Waals surface area (Å²) in [7, 11) is 1.14. The third kappa shape index (κ3) is 4.69. The molecule has 26 heavy (non-hydrogen) atoms. The minimum absolute atomic E-state index is 0.0361. The first kappa shape index (κ1) is 19.6. The van der Waals surface area contributed by atoms with E-state index in [1.165, 1.54) is 18.2 Å². The van der Waals surface area contributed by atoms with Gasteiger partial charge in [0.25, 0.3) is 0 Å². The molecule has 0 bridgehead atoms. The highest BCUT2D eigenvalue weighted by Gasteiger charge is 2.34. The molecule has 2 rings (SSSR count). The number of urea groups is 1. The predicted molar refractivity (Wildman–Crippen MR) is 91.6 cm³/mol. The summed E-state index contributed by atoms with van der Waals surface area (Å²) in [6.45, 7) is 2.46. The molecular formula is C17H22FN3O5. The van der Waals surface area contributed by atoms with Gasteiger partial charge >= 0.3 is 18.0 Å². The Morgan fingerprint density at radius 3 is 2.62 bits per heavy atom. The zero-order valence-corrected chi connectivity index (χ0v) is 14.6. The van der Waals surface area contributed by atoms with E-state index in [0.717, 1.165) is 7.11 Å². The molecule has 8 nitrogen and oxygen atoms in total. The highest BCUT2D eigenvalue weighted by atomic mass is 19.1. The van der Waals surface area contributed by atoms with E-state index in [1.54, 1.807) is 0 Å². The van der Waals surface area contributed by atoms with E-state index in [9.17, 15) is 18.8 Å². The Hall–Kier alpha value is -2.68. The number of carbonyl (C=O) groups excluding carboxylic acids is 2. The molecule has 0 radical (unpaired) electrons. The first-order valence-corrected chi connectivity index (χ1v) is 8.25. The molecule has 1 aromatic rings. The zero-order valence-electron chi connectivity index (χ0n) is 14.6. The average Bonchev–Trinajstić information content (AvgIpc) is 2.57. The van der Waals surface area contributed by atoms with E-state index in [0.29, 0.717) is 19.4 Å². The lowest BCUT2D eigenvalue weighted by molar-refractivity contribution is -0.139. The van der Waals surface area contributed by atoms with E-state index in [-0.39, 0.29) is 29.9 Å². The third-order valence-electron chi connectivity index (χ3n) is 4.36. The highest BCUT2D eigenvalue weighted by molar-refractivity contribution is 5.94. The van der Waals surface area contributed by atoms with Crippen LogP contribution in [-0.4, -0.2) is 60.3 Å². The molecule has 1 saturated carbocycles. The van der Waals surface area contributed by atoms with Crippen molar-refractivity contribution in [2.75, 3.05) is 25.5 Å². The van der Waals surface area contributed by atoms with Gasteiger partial charge in [0, 0.05) is 12.1 Å². The van der Waals surface area contributed by atoms with Gasteiger partial charge in [-0.1, -0.05) is 13.0 Å². The number of nitrogens with one attached hydrogen (secondary N) is 2. The number of esters is 1. The number of methoxy groups -OCH3 is 1. The molecule has 3 N–H and O–H groups in total. The number of carboxylic acid groups (broad SMARTS) is 1. The van der Waals surface area contributed by atoms with Crippen LogP contribution in [-0.2, 0) is 9.53 Å². The first-order chi connectivity index (χ1) is 12.3. The smallest absolute Gasteiger partial charge is 0.340 e. The van der Waals surface area contributed by atoms with Gasteiger partial charge in [-0.25, -0.2) is 14.0 Å². The van der Waals surface area contributed by atoms with E-state index in [2.05, 4.69) is 15.4 Å². The van der Waals surface area contributed by atoms with Crippen molar-refractivity contribution < 1.29 is 28.6 Å². The van der Waals surface area contributed by atoms with E-state index in [4.69, 9.17) is 5.11 Å². The number of hydrogen-bond acceptors (Lipinski definition) is 5. The lowest BCUT2D eigenvalue weighted by Gasteiger charge is -2.42. The van der Waals surface area contributed by atoms with Crippen LogP contribution in [0.1, 0.15) is 30.1 Å². The summed E-state index contributed by atoms with van der Waals surface area (Å²) >= 11 is 0. The molecule has 1 fully saturated rings. The number of nitrogens with zero attached hydrogens (tertiary/aromatic N) is 1. The molecule has 0 aliphatic heterocycles. The first-order valence-electron chi connectivity index (χ1n) is 8.25. The second-order valence-corrected chi connectivity index (χ2v) is 6.04. The maximum atomic E-state index is 14.2. The van der Waals surface area contributed by atoms with Crippen LogP contribution in [0.4, 0.5) is 14.9 Å². The van der Waals surface area contributed by atoms with Crippen LogP contribution in [0.3, 0.4) is 0 Å². The molecule has 9 heteroatoms. The van der Waals surface area contributed by atoms with Crippen LogP contribution in [0.25, 0.3) is 0 Å². The van der Waals surface area contributed by atoms with E-state index >= 15 is 0 Å². The van der Waals surface area contributed by atoms with Crippen molar-refractivity contribution in [1.82, 2.24) is 10.2 Å². The van der Waals surface area contributed by atoms with Crippen molar-refractivity contribution in [3.05, 3.63) is 29.6 Å². The Labute approximate surface area is 150 Å². The highest BCUT2D eigenvalue weighted by Crippen LogP contribution is 2.26. The Morgan fingerprint density at radius 1 is 1.35 bits per heavy atom. The van der Waals surface area contributed by atoms with Gasteiger partial charge in [-0.3, -0.25) is 9.69 Å². The fourth-order valence-corrected chi connectivity index (χ4v) is 2.92. The zero-order chi connectivity index (χ0) is 19.3. The van der Waals surface area contributed by atoms with E-state index < -0.39 is 23.8 Å². The van der Waals surface area contributed by atoms with Crippen LogP contribution in [0.2, 0.25) is 0 Å². The quantitative estimate of drug-likeness (QED) is 0.633. The number of aliphatic carboxylic acids is 1. The van der Waals surface area contributed by atoms with Crippen LogP contribution >= 0.6 is 0 Å². The van der Waals surface area contributed by atoms with Crippen molar-refractivity contribution in [2.45, 2.75) is 31.8 Å². The summed E-state index contributed by atoms with van der Waals surface area (Å²) in [5, 5.41) is 14.0. The topological polar surface area (TPSA) is 108 Å². The van der Waals surface area contributed by atoms with Crippen molar-refractivity contribution in [3.63, 3.8) is 0 Å². The van der Waals surface area contributed by atoms with Gasteiger partial charge in [0.1, 0.15) is 0 Å². The van der Waals surface area contributed by atoms with Gasteiger partial charge < -0.3 is 20.5 Å². The normalized spacial score (nSPS) is 18.8. The minimum Gasteiger partial charge on any atom is -0.480 e. The van der Waals surface area contributed by atoms with Gasteiger partial charge in [-0.05, 0) is 31.5 Å². The number of ether oxygens (including phenoxy) is 1. The molecular weight excluding hydrogens is 345 g/mol. The largest absolute Gasteiger partial charge is 0.480 e. The molecule has 0 spiro atoms. The average molecular weight is 367 g/mol. The number of halogens is 1. The summed E-state index contributed by atoms with van der Waals surface area (Å²) in [6.07, 6.45) is 1.25. The van der Waals surface area contributed by atoms with Crippen LogP contribution in [0.15, 0.2) is 18.2 Å². The Morgan fingerprint density at radius 2 is 2.04 bits per heavy atom. The molecule has 0 heterocycles. The van der Waals surface area contributed by atoms with Gasteiger partial charge in [0.2, 0.25) is 0 Å². The lowest BCUT2D eigenvalue weighted by atomic mass is 9.85. The van der Waals surface area contributed by atoms with Crippen molar-refractivity contribution >= 4 is 23.7 Å². The van der Waals surface area contributed by atoms with Gasteiger partial charge in [0.05, 0.1) is 24.9 Å². The molecule has 2 amide bonds. The van der Waals surface area contributed by atoms with Crippen LogP contribution in [0.5, 0.6) is 0 Å². The van der Waals surface area contributed by atoms with Crippen molar-refractivity contribution in [2.24, 2.45) is 0 Å². The second-order valence-electron chi connectivity index (χ2n) is 6.04. The fourth-order valence-electron chi connectivity index (χ4n) is 2.92. The summed E-state index contributed by atoms with van der Waals surface area (Å²) in [5.74, 6) is -2.58. The maximum absolute atomic E-state index is 14.2. The summed E-state index contributed by atoms with van der Waals surface area (Å²) in [4.78, 5) is 36.1. The van der Waals surface area contributed by atoms with Gasteiger partial charge in [-0.2, -0.15) is 0 Å². The molecule has 1 aromatic carbocycles. The Kier molecular flexibility index (Phi) is 6.51. The fraction of sp³-hybridized carbons (Fsp3) is 0.471. The summed E-state index contributed by atoms with van der Waals surface area (Å²) < 4.78 is 18.7. The molecule has 1 aliphatic carbocycles. The van der Waals surface area contributed by atoms with Crippen LogP contribution < -0.4 is 10.6 Å². The predicted octanol–water partition coefficient (Wildman–Crippen LogP) is 1.67. The summed E-state index contributed by atoms with van der Waals surface area (Å²) in [5.41, 5.74) is -0.386. The number of carboxylic acids is 1. The number of carbonyl (C=O) groups is 3.